The van der Waals surface area contributed by atoms with Gasteiger partial charge in [0.25, 0.3) is 0 Å². The second-order valence-electron chi connectivity index (χ2n) is 14.4. The SMILES string of the molecule is CC[P+](O)(Oc1ccc(C(C)(C)C)c(C)c1C(C)(C)C)Oc1ccc(C(C)(C)C)c(C)c1C(C)(C)C. The lowest BCUT2D eigenvalue weighted by molar-refractivity contribution is 0.339. The first-order valence-corrected chi connectivity index (χ1v) is 15.1. The standard InChI is InChI=1S/C32H52O3P/c1-16-36(33,34-25-19-17-23(29(4,5)6)21(2)27(25)31(10,11)12)35-26-20-18-24(30(7,8)9)22(3)28(26)32(13,14)15/h17-20,33H,16H2,1-15H3/q+1. The molecular formula is C32H52O3P+. The summed E-state index contributed by atoms with van der Waals surface area (Å²) in [5.74, 6) is 1.43. The molecule has 0 aliphatic heterocycles. The Kier molecular flexibility index (Phi) is 8.48. The van der Waals surface area contributed by atoms with Crippen molar-refractivity contribution in [2.24, 2.45) is 0 Å². The molecular weight excluding hydrogens is 463 g/mol. The normalized spacial score (nSPS) is 13.7. The number of hydrogen-bond acceptors (Lipinski definition) is 3. The molecule has 0 heterocycles. The molecule has 2 rings (SSSR count). The van der Waals surface area contributed by atoms with Crippen LogP contribution < -0.4 is 9.05 Å². The molecule has 202 valence electrons. The van der Waals surface area contributed by atoms with Crippen LogP contribution in [0.5, 0.6) is 11.5 Å². The average Bonchev–Trinajstić information content (AvgIpc) is 2.63. The highest BCUT2D eigenvalue weighted by Gasteiger charge is 2.45. The minimum Gasteiger partial charge on any atom is -0.278 e. The van der Waals surface area contributed by atoms with Crippen molar-refractivity contribution in [2.45, 2.75) is 126 Å². The summed E-state index contributed by atoms with van der Waals surface area (Å²) >= 11 is 0. The topological polar surface area (TPSA) is 38.7 Å². The van der Waals surface area contributed by atoms with Gasteiger partial charge in [0.05, 0.1) is 0 Å². The van der Waals surface area contributed by atoms with Crippen LogP contribution in [0.3, 0.4) is 0 Å². The van der Waals surface area contributed by atoms with Crippen molar-refractivity contribution in [3.8, 4) is 11.5 Å². The summed E-state index contributed by atoms with van der Waals surface area (Å²) in [7, 11) is -3.24. The van der Waals surface area contributed by atoms with E-state index in [0.29, 0.717) is 17.7 Å². The van der Waals surface area contributed by atoms with Crippen LogP contribution >= 0.6 is 7.94 Å². The van der Waals surface area contributed by atoms with Gasteiger partial charge in [0.15, 0.2) is 17.7 Å². The van der Waals surface area contributed by atoms with Gasteiger partial charge in [-0.1, -0.05) is 95.2 Å². The summed E-state index contributed by atoms with van der Waals surface area (Å²) in [6.45, 7) is 32.9. The molecule has 0 saturated heterocycles. The predicted molar refractivity (Wildman–Crippen MR) is 158 cm³/mol. The van der Waals surface area contributed by atoms with E-state index < -0.39 is 7.94 Å². The van der Waals surface area contributed by atoms with Gasteiger partial charge < -0.3 is 0 Å². The van der Waals surface area contributed by atoms with Crippen molar-refractivity contribution >= 4 is 7.94 Å². The second kappa shape index (κ2) is 9.95. The molecule has 0 aliphatic carbocycles. The van der Waals surface area contributed by atoms with E-state index in [1.165, 1.54) is 22.3 Å². The molecule has 0 aliphatic rings. The van der Waals surface area contributed by atoms with Gasteiger partial charge in [0.1, 0.15) is 0 Å². The van der Waals surface area contributed by atoms with E-state index >= 15 is 0 Å². The maximum atomic E-state index is 11.8. The van der Waals surface area contributed by atoms with Gasteiger partial charge in [-0.25, -0.2) is 0 Å². The minimum atomic E-state index is -3.24. The fourth-order valence-corrected chi connectivity index (χ4v) is 6.68. The fourth-order valence-electron chi connectivity index (χ4n) is 5.47. The Hall–Kier alpha value is -1.57. The second-order valence-corrected chi connectivity index (χ2v) is 16.6. The Morgan fingerprint density at radius 3 is 1.11 bits per heavy atom. The van der Waals surface area contributed by atoms with E-state index in [1.54, 1.807) is 0 Å². The highest BCUT2D eigenvalue weighted by molar-refractivity contribution is 7.61. The van der Waals surface area contributed by atoms with Crippen LogP contribution in [0.25, 0.3) is 0 Å². The van der Waals surface area contributed by atoms with E-state index in [1.807, 2.05) is 19.1 Å². The molecule has 1 N–H and O–H groups in total. The molecule has 36 heavy (non-hydrogen) atoms. The molecule has 0 radical (unpaired) electrons. The molecule has 0 bridgehead atoms. The highest BCUT2D eigenvalue weighted by atomic mass is 31.2. The maximum absolute atomic E-state index is 11.8. The zero-order valence-electron chi connectivity index (χ0n) is 25.7. The van der Waals surface area contributed by atoms with Crippen molar-refractivity contribution in [3.63, 3.8) is 0 Å². The molecule has 0 aromatic heterocycles. The zero-order chi connectivity index (χ0) is 28.1. The number of hydrogen-bond donors (Lipinski definition) is 1. The Balaban J connectivity index is 2.66. The number of benzene rings is 2. The summed E-state index contributed by atoms with van der Waals surface area (Å²) in [6.07, 6.45) is 0.389. The van der Waals surface area contributed by atoms with Crippen molar-refractivity contribution in [1.29, 1.82) is 0 Å². The van der Waals surface area contributed by atoms with Crippen LogP contribution in [0, 0.1) is 13.8 Å². The molecule has 0 spiro atoms. The first-order chi connectivity index (χ1) is 16.0. The van der Waals surface area contributed by atoms with Gasteiger partial charge in [-0.3, -0.25) is 9.05 Å². The third kappa shape index (κ3) is 6.65. The van der Waals surface area contributed by atoms with Crippen LogP contribution in [0.1, 0.15) is 123 Å². The van der Waals surface area contributed by atoms with E-state index in [2.05, 4.69) is 109 Å². The molecule has 0 unspecified atom stereocenters. The van der Waals surface area contributed by atoms with Crippen LogP contribution in [-0.2, 0) is 21.7 Å². The van der Waals surface area contributed by atoms with Gasteiger partial charge in [0, 0.05) is 11.1 Å². The van der Waals surface area contributed by atoms with Gasteiger partial charge >= 0.3 is 7.94 Å². The lowest BCUT2D eigenvalue weighted by Gasteiger charge is -2.32. The Morgan fingerprint density at radius 1 is 0.583 bits per heavy atom. The quantitative estimate of drug-likeness (QED) is 0.403. The predicted octanol–water partition coefficient (Wildman–Crippen LogP) is 9.73. The molecule has 4 heteroatoms. The lowest BCUT2D eigenvalue weighted by Crippen LogP contribution is -2.23. The average molecular weight is 516 g/mol. The third-order valence-electron chi connectivity index (χ3n) is 6.85. The Morgan fingerprint density at radius 2 is 0.889 bits per heavy atom. The molecule has 0 amide bonds. The zero-order valence-corrected chi connectivity index (χ0v) is 26.6. The van der Waals surface area contributed by atoms with E-state index in [4.69, 9.17) is 9.05 Å². The summed E-state index contributed by atoms with van der Waals surface area (Å²) in [4.78, 5) is 11.8. The molecule has 0 saturated carbocycles. The monoisotopic (exact) mass is 515 g/mol. The van der Waals surface area contributed by atoms with Gasteiger partial charge in [-0.05, 0) is 76.8 Å². The summed E-state index contributed by atoms with van der Waals surface area (Å²) in [6, 6.07) is 8.33. The molecule has 2 aromatic carbocycles. The maximum Gasteiger partial charge on any atom is 0.494 e. The van der Waals surface area contributed by atoms with E-state index in [-0.39, 0.29) is 21.7 Å². The van der Waals surface area contributed by atoms with E-state index in [0.717, 1.165) is 11.1 Å². The fraction of sp³-hybridized carbons (Fsp3) is 0.625. The number of rotatable bonds is 5. The van der Waals surface area contributed by atoms with E-state index in [9.17, 15) is 4.89 Å². The molecule has 0 atom stereocenters. The van der Waals surface area contributed by atoms with Gasteiger partial charge in [-0.2, -0.15) is 4.89 Å². The van der Waals surface area contributed by atoms with Crippen LogP contribution in [-0.4, -0.2) is 11.1 Å². The van der Waals surface area contributed by atoms with Gasteiger partial charge in [-0.15, -0.1) is 0 Å². The largest absolute Gasteiger partial charge is 0.494 e. The lowest BCUT2D eigenvalue weighted by atomic mass is 9.76. The summed E-state index contributed by atoms with van der Waals surface area (Å²) in [5.41, 5.74) is 7.01. The van der Waals surface area contributed by atoms with Crippen molar-refractivity contribution < 1.29 is 13.9 Å². The smallest absolute Gasteiger partial charge is 0.278 e. The van der Waals surface area contributed by atoms with Crippen LogP contribution in [0.4, 0.5) is 0 Å². The molecule has 3 nitrogen and oxygen atoms in total. The molecule has 2 aromatic rings. The van der Waals surface area contributed by atoms with Crippen LogP contribution in [0.2, 0.25) is 0 Å². The first kappa shape index (κ1) is 30.7. The Labute approximate surface area is 222 Å². The van der Waals surface area contributed by atoms with Gasteiger partial charge in [0.2, 0.25) is 0 Å². The van der Waals surface area contributed by atoms with Crippen LogP contribution in [0.15, 0.2) is 24.3 Å². The highest BCUT2D eigenvalue weighted by Crippen LogP contribution is 2.59. The van der Waals surface area contributed by atoms with Crippen molar-refractivity contribution in [2.75, 3.05) is 6.16 Å². The summed E-state index contributed by atoms with van der Waals surface area (Å²) < 4.78 is 13.0. The minimum absolute atomic E-state index is 0.0171. The third-order valence-corrected chi connectivity index (χ3v) is 8.61. The van der Waals surface area contributed by atoms with Crippen molar-refractivity contribution in [3.05, 3.63) is 57.6 Å². The van der Waals surface area contributed by atoms with Crippen molar-refractivity contribution in [1.82, 2.24) is 0 Å². The first-order valence-electron chi connectivity index (χ1n) is 13.3. The molecule has 0 fully saturated rings. The Bertz CT molecular complexity index is 1000. The summed E-state index contributed by atoms with van der Waals surface area (Å²) in [5, 5.41) is 0.